The summed E-state index contributed by atoms with van der Waals surface area (Å²) >= 11 is 0. The van der Waals surface area contributed by atoms with E-state index >= 15 is 0 Å². The van der Waals surface area contributed by atoms with Crippen molar-refractivity contribution in [3.8, 4) is 0 Å². The van der Waals surface area contributed by atoms with E-state index in [1.807, 2.05) is 0 Å². The van der Waals surface area contributed by atoms with Crippen LogP contribution in [-0.4, -0.2) is 86.8 Å². The molecule has 3 rings (SSSR count). The summed E-state index contributed by atoms with van der Waals surface area (Å²) in [5.41, 5.74) is 0. The first-order chi connectivity index (χ1) is 10.9. The third kappa shape index (κ3) is 5.48. The van der Waals surface area contributed by atoms with Crippen LogP contribution in [0.15, 0.2) is 0 Å². The van der Waals surface area contributed by atoms with Gasteiger partial charge in [-0.2, -0.15) is 0 Å². The van der Waals surface area contributed by atoms with Crippen molar-refractivity contribution in [2.24, 2.45) is 5.92 Å². The van der Waals surface area contributed by atoms with Crippen LogP contribution in [-0.2, 0) is 4.74 Å². The lowest BCUT2D eigenvalue weighted by molar-refractivity contribution is 0.0300. The third-order valence-electron chi connectivity index (χ3n) is 5.65. The molecule has 22 heavy (non-hydrogen) atoms. The molecule has 4 heteroatoms. The van der Waals surface area contributed by atoms with Crippen LogP contribution in [0.3, 0.4) is 0 Å². The first kappa shape index (κ1) is 16.7. The smallest absolute Gasteiger partial charge is 0.0594 e. The van der Waals surface area contributed by atoms with Crippen LogP contribution in [0, 0.1) is 5.92 Å². The van der Waals surface area contributed by atoms with Gasteiger partial charge in [0.2, 0.25) is 0 Å². The van der Waals surface area contributed by atoms with Crippen molar-refractivity contribution in [3.63, 3.8) is 0 Å². The Kier molecular flexibility index (Phi) is 6.99. The van der Waals surface area contributed by atoms with Gasteiger partial charge in [-0.1, -0.05) is 12.8 Å². The summed E-state index contributed by atoms with van der Waals surface area (Å²) in [6, 6.07) is 0. The van der Waals surface area contributed by atoms with Crippen LogP contribution in [0.1, 0.15) is 38.5 Å². The predicted molar refractivity (Wildman–Crippen MR) is 91.3 cm³/mol. The Bertz CT molecular complexity index is 299. The number of likely N-dealkylation sites (tertiary alicyclic amines) is 2. The molecule has 0 aromatic rings. The first-order valence-electron chi connectivity index (χ1n) is 9.65. The number of hydrogen-bond acceptors (Lipinski definition) is 4. The number of piperidine rings is 1. The Balaban J connectivity index is 1.36. The molecule has 0 radical (unpaired) electrons. The van der Waals surface area contributed by atoms with Gasteiger partial charge in [-0.15, -0.1) is 0 Å². The molecular formula is C18H35N3O. The van der Waals surface area contributed by atoms with Gasteiger partial charge >= 0.3 is 0 Å². The van der Waals surface area contributed by atoms with E-state index in [0.717, 1.165) is 32.2 Å². The van der Waals surface area contributed by atoms with Gasteiger partial charge in [0.05, 0.1) is 13.2 Å². The van der Waals surface area contributed by atoms with Crippen LogP contribution < -0.4 is 0 Å². The molecule has 0 unspecified atom stereocenters. The zero-order valence-corrected chi connectivity index (χ0v) is 14.3. The average molecular weight is 309 g/mol. The van der Waals surface area contributed by atoms with Crippen molar-refractivity contribution < 1.29 is 4.74 Å². The van der Waals surface area contributed by atoms with Crippen LogP contribution >= 0.6 is 0 Å². The molecule has 0 aromatic heterocycles. The Morgan fingerprint density at radius 1 is 0.682 bits per heavy atom. The molecule has 3 fully saturated rings. The van der Waals surface area contributed by atoms with Gasteiger partial charge < -0.3 is 14.5 Å². The van der Waals surface area contributed by atoms with Crippen molar-refractivity contribution >= 4 is 0 Å². The molecule has 0 aliphatic carbocycles. The van der Waals surface area contributed by atoms with E-state index in [1.165, 1.54) is 84.3 Å². The number of ether oxygens (including phenoxy) is 1. The zero-order valence-electron chi connectivity index (χ0n) is 14.3. The number of rotatable bonds is 5. The lowest BCUT2D eigenvalue weighted by atomic mass is 9.97. The van der Waals surface area contributed by atoms with Gasteiger partial charge in [0.15, 0.2) is 0 Å². The van der Waals surface area contributed by atoms with Gasteiger partial charge in [0.1, 0.15) is 0 Å². The quantitative estimate of drug-likeness (QED) is 0.772. The van der Waals surface area contributed by atoms with Crippen molar-refractivity contribution in [3.05, 3.63) is 0 Å². The van der Waals surface area contributed by atoms with Gasteiger partial charge in [0, 0.05) is 39.3 Å². The largest absolute Gasteiger partial charge is 0.379 e. The summed E-state index contributed by atoms with van der Waals surface area (Å²) in [6.07, 6.45) is 8.60. The van der Waals surface area contributed by atoms with Crippen LogP contribution in [0.2, 0.25) is 0 Å². The molecule has 0 spiro atoms. The second-order valence-electron chi connectivity index (χ2n) is 7.48. The fourth-order valence-corrected chi connectivity index (χ4v) is 4.29. The molecule has 128 valence electrons. The highest BCUT2D eigenvalue weighted by Crippen LogP contribution is 2.19. The number of nitrogens with zero attached hydrogens (tertiary/aromatic N) is 3. The van der Waals surface area contributed by atoms with E-state index in [4.69, 9.17) is 4.74 Å². The van der Waals surface area contributed by atoms with E-state index in [-0.39, 0.29) is 0 Å². The fourth-order valence-electron chi connectivity index (χ4n) is 4.29. The summed E-state index contributed by atoms with van der Waals surface area (Å²) in [5.74, 6) is 0.913. The highest BCUT2D eigenvalue weighted by Gasteiger charge is 2.23. The minimum absolute atomic E-state index is 0.913. The molecule has 3 aliphatic rings. The lowest BCUT2D eigenvalue weighted by Crippen LogP contribution is -2.46. The summed E-state index contributed by atoms with van der Waals surface area (Å²) < 4.78 is 5.44. The molecule has 0 N–H and O–H groups in total. The monoisotopic (exact) mass is 309 g/mol. The minimum atomic E-state index is 0.913. The van der Waals surface area contributed by atoms with E-state index in [0.29, 0.717) is 0 Å². The summed E-state index contributed by atoms with van der Waals surface area (Å²) in [7, 11) is 0. The molecule has 0 bridgehead atoms. The Hall–Kier alpha value is -0.160. The molecule has 0 amide bonds. The highest BCUT2D eigenvalue weighted by molar-refractivity contribution is 4.78. The molecule has 3 saturated heterocycles. The average Bonchev–Trinajstić information content (AvgIpc) is 2.83. The Labute approximate surface area is 136 Å². The Morgan fingerprint density at radius 3 is 2.14 bits per heavy atom. The van der Waals surface area contributed by atoms with Gasteiger partial charge in [0.25, 0.3) is 0 Å². The maximum atomic E-state index is 5.44. The van der Waals surface area contributed by atoms with E-state index < -0.39 is 0 Å². The number of morpholine rings is 1. The predicted octanol–water partition coefficient (Wildman–Crippen LogP) is 1.91. The van der Waals surface area contributed by atoms with Crippen molar-refractivity contribution in [2.75, 3.05) is 72.1 Å². The van der Waals surface area contributed by atoms with Crippen LogP contribution in [0.5, 0.6) is 0 Å². The highest BCUT2D eigenvalue weighted by atomic mass is 16.5. The van der Waals surface area contributed by atoms with Crippen molar-refractivity contribution in [2.45, 2.75) is 38.5 Å². The lowest BCUT2D eigenvalue weighted by Gasteiger charge is -2.37. The maximum absolute atomic E-state index is 5.44. The normalized spacial score (nSPS) is 30.3. The van der Waals surface area contributed by atoms with E-state index in [2.05, 4.69) is 14.7 Å². The van der Waals surface area contributed by atoms with Crippen LogP contribution in [0.4, 0.5) is 0 Å². The maximum Gasteiger partial charge on any atom is 0.0594 e. The zero-order chi connectivity index (χ0) is 15.0. The van der Waals surface area contributed by atoms with Gasteiger partial charge in [-0.05, 0) is 51.2 Å². The molecule has 1 atom stereocenters. The molecule has 0 aromatic carbocycles. The summed E-state index contributed by atoms with van der Waals surface area (Å²) in [4.78, 5) is 8.05. The molecule has 3 heterocycles. The molecule has 4 nitrogen and oxygen atoms in total. The second-order valence-corrected chi connectivity index (χ2v) is 7.48. The van der Waals surface area contributed by atoms with E-state index in [1.54, 1.807) is 0 Å². The third-order valence-corrected chi connectivity index (χ3v) is 5.65. The second kappa shape index (κ2) is 9.21. The molecular weight excluding hydrogens is 274 g/mol. The first-order valence-corrected chi connectivity index (χ1v) is 9.65. The van der Waals surface area contributed by atoms with Gasteiger partial charge in [-0.3, -0.25) is 4.90 Å². The standard InChI is InChI=1S/C18H35N3O/c1-2-4-8-20(7-3-1)16-18-6-5-9-21(17-18)11-10-19-12-14-22-15-13-19/h18H,1-17H2/t18-/m1/s1. The molecule has 3 aliphatic heterocycles. The summed E-state index contributed by atoms with van der Waals surface area (Å²) in [5, 5.41) is 0. The minimum Gasteiger partial charge on any atom is -0.379 e. The van der Waals surface area contributed by atoms with Crippen molar-refractivity contribution in [1.29, 1.82) is 0 Å². The van der Waals surface area contributed by atoms with Crippen molar-refractivity contribution in [1.82, 2.24) is 14.7 Å². The number of hydrogen-bond donors (Lipinski definition) is 0. The topological polar surface area (TPSA) is 19.0 Å². The van der Waals surface area contributed by atoms with Gasteiger partial charge in [-0.25, -0.2) is 0 Å². The SMILES string of the molecule is C1CCCN(C[C@H]2CCCN(CCN3CCOCC3)C2)CC1. The van der Waals surface area contributed by atoms with Crippen LogP contribution in [0.25, 0.3) is 0 Å². The fraction of sp³-hybridized carbons (Fsp3) is 1.00. The molecule has 0 saturated carbocycles. The summed E-state index contributed by atoms with van der Waals surface area (Å²) in [6.45, 7) is 13.3. The Morgan fingerprint density at radius 2 is 1.36 bits per heavy atom. The van der Waals surface area contributed by atoms with E-state index in [9.17, 15) is 0 Å².